The van der Waals surface area contributed by atoms with E-state index in [1.807, 2.05) is 6.08 Å². The number of hydrogen-bond acceptors (Lipinski definition) is 5. The molecule has 0 saturated heterocycles. The molecule has 0 spiro atoms. The molecule has 0 aromatic carbocycles. The Labute approximate surface area is 530 Å². The van der Waals surface area contributed by atoms with Crippen LogP contribution in [0.4, 0.5) is 0 Å². The standard InChI is InChI=1S/C79H147NO5/c1-3-5-7-9-11-13-15-16-17-18-40-44-47-50-53-57-61-65-69-73-79(84)85-74-70-66-62-58-54-51-48-45-42-39-37-35-33-31-29-27-25-23-21-19-20-22-24-26-28-30-32-34-36-38-41-43-46-49-52-56-60-64-68-72-78(83)80-76(75-81)77(82)71-67-63-59-55-14-12-10-8-6-4-2/h11,13,16-17,19-20,23,25,67,71,76-77,81-82H,3-10,12,14-15,18,21-22,24,26-66,68-70,72-75H2,1-2H3,(H,80,83)/b13-11-,17-16-,20-19-,25-23-,71-67+. The summed E-state index contributed by atoms with van der Waals surface area (Å²) in [6, 6.07) is -0.624. The Hall–Kier alpha value is -2.44. The summed E-state index contributed by atoms with van der Waals surface area (Å²) in [5.41, 5.74) is 0. The van der Waals surface area contributed by atoms with Crippen LogP contribution in [0.2, 0.25) is 0 Å². The second kappa shape index (κ2) is 74.0. The lowest BCUT2D eigenvalue weighted by atomic mass is 10.0. The van der Waals surface area contributed by atoms with Crippen molar-refractivity contribution in [3.8, 4) is 0 Å². The number of carbonyl (C=O) groups excluding carboxylic acids is 2. The van der Waals surface area contributed by atoms with Gasteiger partial charge in [0.25, 0.3) is 0 Å². The van der Waals surface area contributed by atoms with Crippen molar-refractivity contribution >= 4 is 11.9 Å². The van der Waals surface area contributed by atoms with Crippen molar-refractivity contribution in [2.75, 3.05) is 13.2 Å². The summed E-state index contributed by atoms with van der Waals surface area (Å²) in [6.07, 6.45) is 99.2. The number of allylic oxidation sites excluding steroid dienone is 9. The van der Waals surface area contributed by atoms with Gasteiger partial charge in [0.2, 0.25) is 5.91 Å². The number of hydrogen-bond donors (Lipinski definition) is 3. The number of ether oxygens (including phenoxy) is 1. The molecule has 1 amide bonds. The summed E-state index contributed by atoms with van der Waals surface area (Å²) >= 11 is 0. The molecule has 6 heteroatoms. The summed E-state index contributed by atoms with van der Waals surface area (Å²) in [6.45, 7) is 4.88. The predicted molar refractivity (Wildman–Crippen MR) is 375 cm³/mol. The lowest BCUT2D eigenvalue weighted by Gasteiger charge is -2.20. The van der Waals surface area contributed by atoms with E-state index in [-0.39, 0.29) is 18.5 Å². The molecule has 0 aliphatic carbocycles. The largest absolute Gasteiger partial charge is 0.466 e. The van der Waals surface area contributed by atoms with Gasteiger partial charge in [-0.1, -0.05) is 357 Å². The van der Waals surface area contributed by atoms with Gasteiger partial charge in [0, 0.05) is 12.8 Å². The molecule has 0 heterocycles. The minimum Gasteiger partial charge on any atom is -0.466 e. The molecule has 0 aromatic heterocycles. The minimum absolute atomic E-state index is 0.0164. The fraction of sp³-hybridized carbons (Fsp3) is 0.848. The summed E-state index contributed by atoms with van der Waals surface area (Å²) in [5.74, 6) is -0.0495. The lowest BCUT2D eigenvalue weighted by Crippen LogP contribution is -2.45. The lowest BCUT2D eigenvalue weighted by molar-refractivity contribution is -0.143. The van der Waals surface area contributed by atoms with Crippen LogP contribution in [-0.2, 0) is 14.3 Å². The van der Waals surface area contributed by atoms with E-state index in [9.17, 15) is 19.8 Å². The van der Waals surface area contributed by atoms with Crippen molar-refractivity contribution < 1.29 is 24.5 Å². The van der Waals surface area contributed by atoms with E-state index in [0.29, 0.717) is 19.4 Å². The van der Waals surface area contributed by atoms with Gasteiger partial charge in [0.05, 0.1) is 25.4 Å². The summed E-state index contributed by atoms with van der Waals surface area (Å²) < 4.78 is 5.51. The zero-order valence-electron chi connectivity index (χ0n) is 57.1. The molecule has 498 valence electrons. The van der Waals surface area contributed by atoms with Gasteiger partial charge < -0.3 is 20.3 Å². The highest BCUT2D eigenvalue weighted by molar-refractivity contribution is 5.76. The number of esters is 1. The molecule has 0 rings (SSSR count). The predicted octanol–water partition coefficient (Wildman–Crippen LogP) is 25.0. The Morgan fingerprint density at radius 1 is 0.329 bits per heavy atom. The first-order valence-electron chi connectivity index (χ1n) is 38.1. The number of nitrogens with one attached hydrogen (secondary N) is 1. The molecule has 0 radical (unpaired) electrons. The first kappa shape index (κ1) is 82.6. The van der Waals surface area contributed by atoms with Crippen LogP contribution in [-0.4, -0.2) is 47.4 Å². The van der Waals surface area contributed by atoms with Crippen molar-refractivity contribution in [1.29, 1.82) is 0 Å². The SMILES string of the molecule is CCCCC/C=C\C/C=C\CCCCCCCCCCCC(=O)OCCCCCCCCCCCCCCCCC/C=C\C/C=C\CCCCCCCCCCCCCCCCCCCC(=O)NC(CO)C(O)/C=C/CCCCCCCCCC. The zero-order chi connectivity index (χ0) is 61.3. The molecular weight excluding hydrogens is 1040 g/mol. The molecule has 0 aromatic rings. The van der Waals surface area contributed by atoms with Crippen LogP contribution < -0.4 is 5.32 Å². The molecular formula is C79H147NO5. The van der Waals surface area contributed by atoms with E-state index in [1.165, 1.54) is 321 Å². The van der Waals surface area contributed by atoms with E-state index in [2.05, 4.69) is 67.8 Å². The molecule has 6 nitrogen and oxygen atoms in total. The van der Waals surface area contributed by atoms with Crippen LogP contribution in [0.25, 0.3) is 0 Å². The Morgan fingerprint density at radius 2 is 0.588 bits per heavy atom. The van der Waals surface area contributed by atoms with E-state index in [1.54, 1.807) is 6.08 Å². The highest BCUT2D eigenvalue weighted by Crippen LogP contribution is 2.18. The van der Waals surface area contributed by atoms with Gasteiger partial charge in [-0.05, 0) is 96.3 Å². The molecule has 85 heavy (non-hydrogen) atoms. The summed E-state index contributed by atoms with van der Waals surface area (Å²) in [7, 11) is 0. The highest BCUT2D eigenvalue weighted by Gasteiger charge is 2.18. The number of rotatable bonds is 71. The van der Waals surface area contributed by atoms with Crippen LogP contribution in [0.1, 0.15) is 406 Å². The Kier molecular flexibility index (Phi) is 71.9. The average molecular weight is 1190 g/mol. The Balaban J connectivity index is 3.34. The topological polar surface area (TPSA) is 95.9 Å². The third kappa shape index (κ3) is 70.5. The van der Waals surface area contributed by atoms with E-state index < -0.39 is 12.1 Å². The van der Waals surface area contributed by atoms with E-state index >= 15 is 0 Å². The number of unbranched alkanes of at least 4 members (excludes halogenated alkanes) is 52. The fourth-order valence-corrected chi connectivity index (χ4v) is 11.7. The molecule has 0 fully saturated rings. The molecule has 0 bridgehead atoms. The summed E-state index contributed by atoms with van der Waals surface area (Å²) in [5, 5.41) is 23.0. The van der Waals surface area contributed by atoms with Crippen molar-refractivity contribution in [2.24, 2.45) is 0 Å². The number of aliphatic hydroxyl groups is 2. The maximum Gasteiger partial charge on any atom is 0.305 e. The average Bonchev–Trinajstić information content (AvgIpc) is 3.51. The maximum absolute atomic E-state index is 12.4. The van der Waals surface area contributed by atoms with Crippen molar-refractivity contribution in [2.45, 2.75) is 418 Å². The first-order chi connectivity index (χ1) is 42.0. The van der Waals surface area contributed by atoms with Crippen molar-refractivity contribution in [3.63, 3.8) is 0 Å². The zero-order valence-corrected chi connectivity index (χ0v) is 57.1. The molecule has 0 saturated carbocycles. The minimum atomic E-state index is -0.841. The first-order valence-corrected chi connectivity index (χ1v) is 38.1. The third-order valence-corrected chi connectivity index (χ3v) is 17.5. The molecule has 0 aliphatic rings. The van der Waals surface area contributed by atoms with Crippen LogP contribution in [0.3, 0.4) is 0 Å². The monoisotopic (exact) mass is 1190 g/mol. The van der Waals surface area contributed by atoms with Gasteiger partial charge in [-0.2, -0.15) is 0 Å². The van der Waals surface area contributed by atoms with Gasteiger partial charge in [0.1, 0.15) is 0 Å². The van der Waals surface area contributed by atoms with E-state index in [4.69, 9.17) is 4.74 Å². The maximum atomic E-state index is 12.4. The van der Waals surface area contributed by atoms with Gasteiger partial charge in [-0.15, -0.1) is 0 Å². The smallest absolute Gasteiger partial charge is 0.305 e. The third-order valence-electron chi connectivity index (χ3n) is 17.5. The van der Waals surface area contributed by atoms with Gasteiger partial charge in [-0.25, -0.2) is 0 Å². The van der Waals surface area contributed by atoms with E-state index in [0.717, 1.165) is 57.8 Å². The highest BCUT2D eigenvalue weighted by atomic mass is 16.5. The molecule has 3 N–H and O–H groups in total. The Morgan fingerprint density at radius 3 is 0.918 bits per heavy atom. The molecule has 0 aliphatic heterocycles. The second-order valence-electron chi connectivity index (χ2n) is 26.0. The van der Waals surface area contributed by atoms with Crippen molar-refractivity contribution in [1.82, 2.24) is 5.32 Å². The van der Waals surface area contributed by atoms with Crippen LogP contribution in [0.5, 0.6) is 0 Å². The molecule has 2 atom stereocenters. The van der Waals surface area contributed by atoms with Crippen LogP contribution in [0, 0.1) is 0 Å². The van der Waals surface area contributed by atoms with Gasteiger partial charge in [0.15, 0.2) is 0 Å². The van der Waals surface area contributed by atoms with Gasteiger partial charge >= 0.3 is 5.97 Å². The normalized spacial score (nSPS) is 12.8. The van der Waals surface area contributed by atoms with Crippen LogP contribution >= 0.6 is 0 Å². The number of aliphatic hydroxyl groups excluding tert-OH is 2. The van der Waals surface area contributed by atoms with Gasteiger partial charge in [-0.3, -0.25) is 9.59 Å². The number of carbonyl (C=O) groups is 2. The van der Waals surface area contributed by atoms with Crippen molar-refractivity contribution in [3.05, 3.63) is 60.8 Å². The van der Waals surface area contributed by atoms with Crippen LogP contribution in [0.15, 0.2) is 60.8 Å². The quantitative estimate of drug-likeness (QED) is 0.0320. The molecule has 2 unspecified atom stereocenters. The Bertz CT molecular complexity index is 1470. The number of amides is 1. The second-order valence-corrected chi connectivity index (χ2v) is 26.0. The summed E-state index contributed by atoms with van der Waals surface area (Å²) in [4.78, 5) is 24.6. The fourth-order valence-electron chi connectivity index (χ4n) is 11.7.